The SMILES string of the molecule is CCOC(=O)N1CCC(n2ccc3c(NC(=O)Cc4ccc(Cl)c(C)c4)cccc3c2=O)CC1. The number of rotatable bonds is 5. The van der Waals surface area contributed by atoms with Crippen molar-refractivity contribution in [1.29, 1.82) is 0 Å². The van der Waals surface area contributed by atoms with E-state index >= 15 is 0 Å². The number of nitrogens with zero attached hydrogens (tertiary/aromatic N) is 2. The summed E-state index contributed by atoms with van der Waals surface area (Å²) in [6.07, 6.45) is 3.06. The van der Waals surface area contributed by atoms with Crippen LogP contribution < -0.4 is 10.9 Å². The van der Waals surface area contributed by atoms with Crippen LogP contribution in [-0.2, 0) is 16.0 Å². The van der Waals surface area contributed by atoms with Crippen molar-refractivity contribution in [2.75, 3.05) is 25.0 Å². The molecule has 2 aromatic carbocycles. The zero-order chi connectivity index (χ0) is 24.2. The number of pyridine rings is 1. The molecule has 1 fully saturated rings. The number of hydrogen-bond acceptors (Lipinski definition) is 4. The summed E-state index contributed by atoms with van der Waals surface area (Å²) in [5.41, 5.74) is 2.30. The predicted octanol–water partition coefficient (Wildman–Crippen LogP) is 4.94. The van der Waals surface area contributed by atoms with Crippen molar-refractivity contribution in [2.45, 2.75) is 39.2 Å². The highest BCUT2D eigenvalue weighted by molar-refractivity contribution is 6.31. The van der Waals surface area contributed by atoms with Crippen LogP contribution in [0.25, 0.3) is 10.8 Å². The third kappa shape index (κ3) is 5.09. The van der Waals surface area contributed by atoms with Crippen molar-refractivity contribution in [3.63, 3.8) is 0 Å². The molecule has 1 N–H and O–H groups in total. The van der Waals surface area contributed by atoms with Crippen LogP contribution in [0.4, 0.5) is 10.5 Å². The van der Waals surface area contributed by atoms with Crippen LogP contribution in [0, 0.1) is 6.92 Å². The lowest BCUT2D eigenvalue weighted by Crippen LogP contribution is -2.41. The molecule has 8 heteroatoms. The van der Waals surface area contributed by atoms with Crippen LogP contribution in [0.3, 0.4) is 0 Å². The molecule has 1 aromatic heterocycles. The van der Waals surface area contributed by atoms with Crippen LogP contribution in [0.1, 0.15) is 36.9 Å². The number of amides is 2. The second-order valence-corrected chi connectivity index (χ2v) is 8.93. The number of hydrogen-bond donors (Lipinski definition) is 1. The molecular formula is C26H28ClN3O4. The average molecular weight is 482 g/mol. The smallest absolute Gasteiger partial charge is 0.409 e. The fraction of sp³-hybridized carbons (Fsp3) is 0.346. The molecule has 1 aliphatic rings. The number of carbonyl (C=O) groups excluding carboxylic acids is 2. The lowest BCUT2D eigenvalue weighted by Gasteiger charge is -2.32. The molecule has 2 amide bonds. The molecular weight excluding hydrogens is 454 g/mol. The maximum Gasteiger partial charge on any atom is 0.409 e. The number of fused-ring (bicyclic) bond motifs is 1. The summed E-state index contributed by atoms with van der Waals surface area (Å²) < 4.78 is 6.82. The number of benzene rings is 2. The molecule has 0 saturated carbocycles. The molecule has 0 radical (unpaired) electrons. The summed E-state index contributed by atoms with van der Waals surface area (Å²) in [5.74, 6) is -0.162. The molecule has 1 saturated heterocycles. The van der Waals surface area contributed by atoms with E-state index in [0.29, 0.717) is 54.0 Å². The number of carbonyl (C=O) groups is 2. The van der Waals surface area contributed by atoms with Gasteiger partial charge in [-0.25, -0.2) is 4.79 Å². The summed E-state index contributed by atoms with van der Waals surface area (Å²) in [5, 5.41) is 4.87. The van der Waals surface area contributed by atoms with Gasteiger partial charge in [-0.1, -0.05) is 29.8 Å². The van der Waals surface area contributed by atoms with Gasteiger partial charge in [-0.15, -0.1) is 0 Å². The van der Waals surface area contributed by atoms with E-state index < -0.39 is 0 Å². The van der Waals surface area contributed by atoms with Gasteiger partial charge in [0.05, 0.1) is 13.0 Å². The van der Waals surface area contributed by atoms with E-state index in [1.165, 1.54) is 0 Å². The Morgan fingerprint density at radius 2 is 1.88 bits per heavy atom. The highest BCUT2D eigenvalue weighted by atomic mass is 35.5. The van der Waals surface area contributed by atoms with Gasteiger partial charge < -0.3 is 19.5 Å². The summed E-state index contributed by atoms with van der Waals surface area (Å²) in [7, 11) is 0. The highest BCUT2D eigenvalue weighted by Gasteiger charge is 2.25. The van der Waals surface area contributed by atoms with Crippen LogP contribution in [0.2, 0.25) is 5.02 Å². The average Bonchev–Trinajstić information content (AvgIpc) is 2.82. The first-order chi connectivity index (χ1) is 16.4. The van der Waals surface area contributed by atoms with Gasteiger partial charge in [-0.2, -0.15) is 0 Å². The quantitative estimate of drug-likeness (QED) is 0.559. The van der Waals surface area contributed by atoms with Crippen molar-refractivity contribution in [3.05, 3.63) is 75.2 Å². The molecule has 7 nitrogen and oxygen atoms in total. The van der Waals surface area contributed by atoms with Crippen LogP contribution in [-0.4, -0.2) is 41.2 Å². The van der Waals surface area contributed by atoms with E-state index in [4.69, 9.17) is 16.3 Å². The number of likely N-dealkylation sites (tertiary alicyclic amines) is 1. The number of halogens is 1. The number of nitrogens with one attached hydrogen (secondary N) is 1. The standard InChI is InChI=1S/C26H28ClN3O4/c1-3-34-26(33)29-12-9-19(10-13-29)30-14-11-20-21(25(30)32)5-4-6-23(20)28-24(31)16-18-7-8-22(27)17(2)15-18/h4-8,11,14-15,19H,3,9-10,12-13,16H2,1-2H3,(H,28,31). The van der Waals surface area contributed by atoms with Crippen molar-refractivity contribution in [1.82, 2.24) is 9.47 Å². The van der Waals surface area contributed by atoms with E-state index in [9.17, 15) is 14.4 Å². The summed E-state index contributed by atoms with van der Waals surface area (Å²) in [4.78, 5) is 39.6. The van der Waals surface area contributed by atoms with Gasteiger partial charge in [0.25, 0.3) is 5.56 Å². The van der Waals surface area contributed by atoms with Gasteiger partial charge >= 0.3 is 6.09 Å². The van der Waals surface area contributed by atoms with Crippen molar-refractivity contribution in [2.24, 2.45) is 0 Å². The third-order valence-electron chi connectivity index (χ3n) is 6.22. The minimum absolute atomic E-state index is 0.00830. The Morgan fingerprint density at radius 1 is 1.12 bits per heavy atom. The number of piperidine rings is 1. The minimum atomic E-state index is -0.305. The fourth-order valence-corrected chi connectivity index (χ4v) is 4.54. The van der Waals surface area contributed by atoms with Crippen molar-refractivity contribution >= 4 is 40.1 Å². The van der Waals surface area contributed by atoms with Crippen molar-refractivity contribution < 1.29 is 14.3 Å². The molecule has 34 heavy (non-hydrogen) atoms. The molecule has 178 valence electrons. The molecule has 0 bridgehead atoms. The Bertz CT molecular complexity index is 1280. The number of aryl methyl sites for hydroxylation is 1. The molecule has 0 aliphatic carbocycles. The monoisotopic (exact) mass is 481 g/mol. The molecule has 0 atom stereocenters. The van der Waals surface area contributed by atoms with E-state index in [-0.39, 0.29) is 30.0 Å². The van der Waals surface area contributed by atoms with Crippen LogP contribution in [0.15, 0.2) is 53.5 Å². The van der Waals surface area contributed by atoms with Gasteiger partial charge in [0.15, 0.2) is 0 Å². The normalized spacial score (nSPS) is 14.3. The third-order valence-corrected chi connectivity index (χ3v) is 6.64. The summed E-state index contributed by atoms with van der Waals surface area (Å²) >= 11 is 6.07. The Morgan fingerprint density at radius 3 is 2.59 bits per heavy atom. The summed E-state index contributed by atoms with van der Waals surface area (Å²) in [6.45, 7) is 5.14. The first-order valence-corrected chi connectivity index (χ1v) is 11.9. The first-order valence-electron chi connectivity index (χ1n) is 11.5. The van der Waals surface area contributed by atoms with Crippen molar-refractivity contribution in [3.8, 4) is 0 Å². The zero-order valence-electron chi connectivity index (χ0n) is 19.3. The highest BCUT2D eigenvalue weighted by Crippen LogP contribution is 2.26. The Balaban J connectivity index is 1.50. The van der Waals surface area contributed by atoms with E-state index in [0.717, 1.165) is 11.1 Å². The van der Waals surface area contributed by atoms with Crippen LogP contribution >= 0.6 is 11.6 Å². The lowest BCUT2D eigenvalue weighted by atomic mass is 10.0. The van der Waals surface area contributed by atoms with Crippen LogP contribution in [0.5, 0.6) is 0 Å². The second kappa shape index (κ2) is 10.3. The maximum absolute atomic E-state index is 13.3. The number of ether oxygens (including phenoxy) is 1. The van der Waals surface area contributed by atoms with E-state index in [2.05, 4.69) is 5.32 Å². The minimum Gasteiger partial charge on any atom is -0.450 e. The van der Waals surface area contributed by atoms with Gasteiger partial charge in [0, 0.05) is 46.8 Å². The van der Waals surface area contributed by atoms with E-state index in [1.807, 2.05) is 25.1 Å². The lowest BCUT2D eigenvalue weighted by molar-refractivity contribution is -0.115. The second-order valence-electron chi connectivity index (χ2n) is 8.52. The largest absolute Gasteiger partial charge is 0.450 e. The van der Waals surface area contributed by atoms with Gasteiger partial charge in [0.1, 0.15) is 0 Å². The fourth-order valence-electron chi connectivity index (χ4n) is 4.43. The number of anilines is 1. The molecule has 0 spiro atoms. The zero-order valence-corrected chi connectivity index (χ0v) is 20.1. The Kier molecular flexibility index (Phi) is 7.22. The molecule has 3 aromatic rings. The van der Waals surface area contributed by atoms with Gasteiger partial charge in [-0.05, 0) is 62.1 Å². The molecule has 1 aliphatic heterocycles. The Hall–Kier alpha value is -3.32. The molecule has 2 heterocycles. The Labute approximate surface area is 203 Å². The summed E-state index contributed by atoms with van der Waals surface area (Å²) in [6, 6.07) is 12.8. The molecule has 0 unspecified atom stereocenters. The first kappa shape index (κ1) is 23.8. The topological polar surface area (TPSA) is 80.6 Å². The number of aromatic nitrogens is 1. The van der Waals surface area contributed by atoms with Gasteiger partial charge in [-0.3, -0.25) is 9.59 Å². The maximum atomic E-state index is 13.3. The molecule has 4 rings (SSSR count). The van der Waals surface area contributed by atoms with E-state index in [1.54, 1.807) is 46.9 Å². The van der Waals surface area contributed by atoms with Gasteiger partial charge in [0.2, 0.25) is 5.91 Å². The predicted molar refractivity (Wildman–Crippen MR) is 134 cm³/mol.